The fourth-order valence-corrected chi connectivity index (χ4v) is 4.72. The number of nitrogens with two attached hydrogens (primary N) is 1. The van der Waals surface area contributed by atoms with E-state index in [2.05, 4.69) is 21.9 Å². The molecule has 0 radical (unpaired) electrons. The second-order valence-corrected chi connectivity index (χ2v) is 8.00. The second kappa shape index (κ2) is 7.05. The van der Waals surface area contributed by atoms with E-state index in [4.69, 9.17) is 5.73 Å². The lowest BCUT2D eigenvalue weighted by Gasteiger charge is -2.09. The smallest absolute Gasteiger partial charge is 0.259 e. The van der Waals surface area contributed by atoms with Crippen molar-refractivity contribution in [2.75, 3.05) is 0 Å². The number of aromatic nitrogens is 2. The molecule has 0 aromatic carbocycles. The highest BCUT2D eigenvalue weighted by molar-refractivity contribution is 8.13. The molecule has 0 bridgehead atoms. The summed E-state index contributed by atoms with van der Waals surface area (Å²) < 4.78 is 0. The van der Waals surface area contributed by atoms with Crippen LogP contribution < -0.4 is 11.3 Å². The molecule has 1 atom stereocenters. The predicted molar refractivity (Wildman–Crippen MR) is 99.6 cm³/mol. The molecule has 3 rings (SSSR count). The largest absolute Gasteiger partial charge is 0.379 e. The first kappa shape index (κ1) is 16.5. The maximum atomic E-state index is 12.4. The summed E-state index contributed by atoms with van der Waals surface area (Å²) in [6, 6.07) is 0.223. The predicted octanol–water partition coefficient (Wildman–Crippen LogP) is 3.21. The minimum Gasteiger partial charge on any atom is -0.379 e. The Labute approximate surface area is 143 Å². The summed E-state index contributed by atoms with van der Waals surface area (Å²) in [5, 5.41) is 1.35. The molecule has 0 unspecified atom stereocenters. The quantitative estimate of drug-likeness (QED) is 0.655. The van der Waals surface area contributed by atoms with Crippen molar-refractivity contribution in [1.29, 1.82) is 0 Å². The molecule has 0 saturated heterocycles. The van der Waals surface area contributed by atoms with Gasteiger partial charge in [0.1, 0.15) is 10.7 Å². The Balaban J connectivity index is 1.83. The van der Waals surface area contributed by atoms with Crippen LogP contribution in [0.2, 0.25) is 0 Å². The fourth-order valence-electron chi connectivity index (χ4n) is 2.76. The Morgan fingerprint density at radius 3 is 3.04 bits per heavy atom. The molecule has 124 valence electrons. The minimum atomic E-state index is -0.0116. The molecule has 1 aliphatic carbocycles. The average molecular weight is 351 g/mol. The van der Waals surface area contributed by atoms with Gasteiger partial charge in [0.15, 0.2) is 5.17 Å². The van der Waals surface area contributed by atoms with Crippen molar-refractivity contribution in [2.45, 2.75) is 57.7 Å². The number of nitrogens with one attached hydrogen (secondary N) is 1. The number of hydrogen-bond donors (Lipinski definition) is 2. The van der Waals surface area contributed by atoms with Crippen LogP contribution >= 0.6 is 23.1 Å². The number of aliphatic imine (C=N–C) groups is 1. The molecule has 7 heteroatoms. The summed E-state index contributed by atoms with van der Waals surface area (Å²) in [5.41, 5.74) is 7.14. The van der Waals surface area contributed by atoms with Gasteiger partial charge in [-0.3, -0.25) is 9.79 Å². The van der Waals surface area contributed by atoms with Gasteiger partial charge in [0.05, 0.1) is 11.1 Å². The van der Waals surface area contributed by atoms with E-state index in [0.29, 0.717) is 16.7 Å². The van der Waals surface area contributed by atoms with Crippen molar-refractivity contribution in [1.82, 2.24) is 9.97 Å². The molecule has 0 aliphatic heterocycles. The van der Waals surface area contributed by atoms with Gasteiger partial charge in [-0.05, 0) is 44.6 Å². The zero-order valence-electron chi connectivity index (χ0n) is 13.5. The Morgan fingerprint density at radius 1 is 1.48 bits per heavy atom. The van der Waals surface area contributed by atoms with Crippen molar-refractivity contribution < 1.29 is 0 Å². The third-order valence-corrected chi connectivity index (χ3v) is 6.17. The van der Waals surface area contributed by atoms with E-state index in [-0.39, 0.29) is 11.6 Å². The molecule has 0 saturated carbocycles. The van der Waals surface area contributed by atoms with Crippen LogP contribution in [-0.4, -0.2) is 21.2 Å². The molecule has 2 heterocycles. The zero-order chi connectivity index (χ0) is 16.4. The van der Waals surface area contributed by atoms with Crippen LogP contribution in [0.25, 0.3) is 10.2 Å². The second-order valence-electron chi connectivity index (χ2n) is 5.92. The molecular formula is C16H22N4OS2. The van der Waals surface area contributed by atoms with E-state index in [0.717, 1.165) is 29.5 Å². The van der Waals surface area contributed by atoms with Crippen molar-refractivity contribution in [3.8, 4) is 0 Å². The van der Waals surface area contributed by atoms with Crippen molar-refractivity contribution >= 4 is 38.5 Å². The van der Waals surface area contributed by atoms with Crippen LogP contribution in [-0.2, 0) is 18.6 Å². The summed E-state index contributed by atoms with van der Waals surface area (Å²) in [5.74, 6) is 1.22. The normalized spacial score (nSPS) is 16.5. The summed E-state index contributed by atoms with van der Waals surface area (Å²) in [6.07, 6.45) is 5.42. The monoisotopic (exact) mass is 350 g/mol. The minimum absolute atomic E-state index is 0.0116. The fraction of sp³-hybridized carbons (Fsp3) is 0.562. The molecule has 0 spiro atoms. The van der Waals surface area contributed by atoms with Crippen LogP contribution in [0.3, 0.4) is 0 Å². The van der Waals surface area contributed by atoms with E-state index >= 15 is 0 Å². The van der Waals surface area contributed by atoms with Gasteiger partial charge in [-0.1, -0.05) is 18.7 Å². The van der Waals surface area contributed by atoms with Gasteiger partial charge in [0.25, 0.3) is 5.56 Å². The molecule has 1 aliphatic rings. The van der Waals surface area contributed by atoms with Crippen molar-refractivity contribution in [2.24, 2.45) is 10.7 Å². The number of nitrogens with zero attached hydrogens (tertiary/aromatic N) is 2. The number of aryl methyl sites for hydroxylation is 2. The molecule has 0 fully saturated rings. The lowest BCUT2D eigenvalue weighted by atomic mass is 9.97. The van der Waals surface area contributed by atoms with E-state index < -0.39 is 0 Å². The maximum absolute atomic E-state index is 12.4. The third-order valence-electron chi connectivity index (χ3n) is 4.17. The van der Waals surface area contributed by atoms with Gasteiger partial charge in [0, 0.05) is 10.9 Å². The first-order valence-electron chi connectivity index (χ1n) is 8.08. The number of H-pyrrole nitrogens is 1. The standard InChI is InChI=1S/C16H22N4OS2/c1-3-9(2)18-16(17)22-8-12-19-14(21)13-10-6-4-5-7-11(10)23-15(13)20-12/h9H,3-8H2,1-2H3,(H2,17,18)(H,19,20,21)/t9-/m1/s1. The Morgan fingerprint density at radius 2 is 2.26 bits per heavy atom. The highest BCUT2D eigenvalue weighted by atomic mass is 32.2. The number of thiophene rings is 1. The number of aromatic amines is 1. The highest BCUT2D eigenvalue weighted by Gasteiger charge is 2.19. The lowest BCUT2D eigenvalue weighted by molar-refractivity contribution is 0.700. The van der Waals surface area contributed by atoms with E-state index in [1.807, 2.05) is 6.92 Å². The summed E-state index contributed by atoms with van der Waals surface area (Å²) in [6.45, 7) is 4.12. The lowest BCUT2D eigenvalue weighted by Crippen LogP contribution is -2.15. The average Bonchev–Trinajstić information content (AvgIpc) is 2.91. The van der Waals surface area contributed by atoms with Crippen LogP contribution in [0, 0.1) is 0 Å². The van der Waals surface area contributed by atoms with Gasteiger partial charge < -0.3 is 10.7 Å². The SMILES string of the molecule is CC[C@@H](C)N=C(N)SCc1nc2sc3c(c2c(=O)[nH]1)CCCC3. The Hall–Kier alpha value is -1.34. The maximum Gasteiger partial charge on any atom is 0.259 e. The molecule has 2 aromatic rings. The van der Waals surface area contributed by atoms with E-state index in [9.17, 15) is 4.79 Å². The van der Waals surface area contributed by atoms with Crippen LogP contribution in [0.15, 0.2) is 9.79 Å². The molecular weight excluding hydrogens is 328 g/mol. The number of rotatable bonds is 4. The van der Waals surface area contributed by atoms with Gasteiger partial charge in [-0.15, -0.1) is 11.3 Å². The van der Waals surface area contributed by atoms with Gasteiger partial charge >= 0.3 is 0 Å². The number of thioether (sulfide) groups is 1. The summed E-state index contributed by atoms with van der Waals surface area (Å²) in [4.78, 5) is 26.6. The first-order valence-corrected chi connectivity index (χ1v) is 9.88. The van der Waals surface area contributed by atoms with E-state index in [1.165, 1.54) is 35.0 Å². The number of hydrogen-bond acceptors (Lipinski definition) is 5. The highest BCUT2D eigenvalue weighted by Crippen LogP contribution is 2.33. The Bertz CT molecular complexity index is 793. The van der Waals surface area contributed by atoms with Gasteiger partial charge in [-0.2, -0.15) is 0 Å². The van der Waals surface area contributed by atoms with E-state index in [1.54, 1.807) is 11.3 Å². The first-order chi connectivity index (χ1) is 11.1. The van der Waals surface area contributed by atoms with Crippen molar-refractivity contribution in [3.05, 3.63) is 26.6 Å². The molecule has 3 N–H and O–H groups in total. The molecule has 0 amide bonds. The third kappa shape index (κ3) is 3.61. The molecule has 2 aromatic heterocycles. The number of amidine groups is 1. The zero-order valence-corrected chi connectivity index (χ0v) is 15.1. The van der Waals surface area contributed by atoms with Crippen LogP contribution in [0.5, 0.6) is 0 Å². The van der Waals surface area contributed by atoms with Gasteiger partial charge in [0.2, 0.25) is 0 Å². The summed E-state index contributed by atoms with van der Waals surface area (Å²) >= 11 is 3.10. The Kier molecular flexibility index (Phi) is 5.06. The molecule has 5 nitrogen and oxygen atoms in total. The van der Waals surface area contributed by atoms with Crippen LogP contribution in [0.4, 0.5) is 0 Å². The molecule has 23 heavy (non-hydrogen) atoms. The van der Waals surface area contributed by atoms with Gasteiger partial charge in [-0.25, -0.2) is 4.98 Å². The van der Waals surface area contributed by atoms with Crippen molar-refractivity contribution in [3.63, 3.8) is 0 Å². The van der Waals surface area contributed by atoms with Crippen LogP contribution in [0.1, 0.15) is 49.4 Å². The number of fused-ring (bicyclic) bond motifs is 3. The summed E-state index contributed by atoms with van der Waals surface area (Å²) in [7, 11) is 0. The topological polar surface area (TPSA) is 84.1 Å².